The molecule has 0 fully saturated rings. The van der Waals surface area contributed by atoms with Crippen LogP contribution in [0.4, 0.5) is 23.5 Å². The second kappa shape index (κ2) is 6.18. The molecule has 0 aliphatic rings. The summed E-state index contributed by atoms with van der Waals surface area (Å²) in [6.45, 7) is -0.572. The van der Waals surface area contributed by atoms with Crippen LogP contribution in [0.2, 0.25) is 5.02 Å². The molecule has 2 rings (SSSR count). The zero-order valence-electron chi connectivity index (χ0n) is 10.5. The minimum absolute atomic E-state index is 0.0306. The first-order valence-electron chi connectivity index (χ1n) is 5.63. The van der Waals surface area contributed by atoms with Gasteiger partial charge >= 0.3 is 6.18 Å². The number of aromatic amines is 1. The molecule has 1 aromatic heterocycles. The van der Waals surface area contributed by atoms with Crippen molar-refractivity contribution in [1.82, 2.24) is 15.2 Å². The standard InChI is InChI=1S/C11H7ClF4N4O2/c12-6-2-1-5(3-7(6)13)22-4-8(21)17-10-18-9(19-20-10)11(14,15)16/h1-3H,4H2,(H2,17,18,19,20,21). The Morgan fingerprint density at radius 1 is 1.41 bits per heavy atom. The summed E-state index contributed by atoms with van der Waals surface area (Å²) in [4.78, 5) is 14.5. The van der Waals surface area contributed by atoms with Crippen molar-refractivity contribution in [2.75, 3.05) is 11.9 Å². The van der Waals surface area contributed by atoms with Crippen LogP contribution in [0.25, 0.3) is 0 Å². The van der Waals surface area contributed by atoms with Gasteiger partial charge in [0.2, 0.25) is 11.8 Å². The molecule has 0 saturated heterocycles. The first kappa shape index (κ1) is 16.0. The van der Waals surface area contributed by atoms with Crippen molar-refractivity contribution in [3.05, 3.63) is 34.9 Å². The summed E-state index contributed by atoms with van der Waals surface area (Å²) in [5.74, 6) is -3.42. The number of amides is 1. The van der Waals surface area contributed by atoms with Gasteiger partial charge in [-0.1, -0.05) is 11.6 Å². The Bertz CT molecular complexity index is 689. The van der Waals surface area contributed by atoms with Crippen LogP contribution >= 0.6 is 11.6 Å². The second-order valence-electron chi connectivity index (χ2n) is 3.92. The van der Waals surface area contributed by atoms with Crippen molar-refractivity contribution in [1.29, 1.82) is 0 Å². The molecule has 2 aromatic rings. The van der Waals surface area contributed by atoms with Gasteiger partial charge in [-0.25, -0.2) is 4.39 Å². The molecule has 0 bridgehead atoms. The normalized spacial score (nSPS) is 11.3. The summed E-state index contributed by atoms with van der Waals surface area (Å²) in [6, 6.07) is 3.52. The number of H-pyrrole nitrogens is 1. The maximum Gasteiger partial charge on any atom is 0.451 e. The summed E-state index contributed by atoms with van der Waals surface area (Å²) in [6.07, 6.45) is -4.70. The van der Waals surface area contributed by atoms with Crippen LogP contribution in [0.3, 0.4) is 0 Å². The van der Waals surface area contributed by atoms with Gasteiger partial charge in [0, 0.05) is 6.07 Å². The predicted molar refractivity (Wildman–Crippen MR) is 66.9 cm³/mol. The Balaban J connectivity index is 1.90. The lowest BCUT2D eigenvalue weighted by Gasteiger charge is -2.06. The highest BCUT2D eigenvalue weighted by molar-refractivity contribution is 6.30. The van der Waals surface area contributed by atoms with Gasteiger partial charge in [0.15, 0.2) is 6.61 Å². The number of hydrogen-bond donors (Lipinski definition) is 2. The van der Waals surface area contributed by atoms with E-state index in [9.17, 15) is 22.4 Å². The van der Waals surface area contributed by atoms with Gasteiger partial charge in [0.25, 0.3) is 5.91 Å². The molecule has 0 aliphatic carbocycles. The van der Waals surface area contributed by atoms with E-state index >= 15 is 0 Å². The molecule has 6 nitrogen and oxygen atoms in total. The molecule has 0 radical (unpaired) electrons. The third-order valence-electron chi connectivity index (χ3n) is 2.27. The number of halogens is 5. The van der Waals surface area contributed by atoms with Gasteiger partial charge in [-0.05, 0) is 12.1 Å². The van der Waals surface area contributed by atoms with E-state index in [1.54, 1.807) is 5.10 Å². The van der Waals surface area contributed by atoms with Crippen molar-refractivity contribution >= 4 is 23.5 Å². The quantitative estimate of drug-likeness (QED) is 0.840. The summed E-state index contributed by atoms with van der Waals surface area (Å²) in [5, 5.41) is 6.69. The van der Waals surface area contributed by atoms with Crippen molar-refractivity contribution in [2.45, 2.75) is 6.18 Å². The highest BCUT2D eigenvalue weighted by Gasteiger charge is 2.35. The van der Waals surface area contributed by atoms with Gasteiger partial charge in [-0.2, -0.15) is 18.2 Å². The van der Waals surface area contributed by atoms with E-state index in [1.807, 2.05) is 5.32 Å². The molecule has 118 valence electrons. The predicted octanol–water partition coefficient (Wildman–Crippen LogP) is 2.63. The number of ether oxygens (including phenoxy) is 1. The van der Waals surface area contributed by atoms with E-state index in [0.717, 1.165) is 6.07 Å². The van der Waals surface area contributed by atoms with Crippen molar-refractivity contribution < 1.29 is 27.1 Å². The third kappa shape index (κ3) is 4.07. The minimum Gasteiger partial charge on any atom is -0.484 e. The highest BCUT2D eigenvalue weighted by Crippen LogP contribution is 2.26. The molecule has 0 aliphatic heterocycles. The van der Waals surface area contributed by atoms with Crippen molar-refractivity contribution in [2.24, 2.45) is 0 Å². The largest absolute Gasteiger partial charge is 0.484 e. The van der Waals surface area contributed by atoms with E-state index in [2.05, 4.69) is 10.1 Å². The van der Waals surface area contributed by atoms with Crippen LogP contribution in [0.5, 0.6) is 5.75 Å². The Kier molecular flexibility index (Phi) is 4.50. The molecule has 22 heavy (non-hydrogen) atoms. The Morgan fingerprint density at radius 3 is 2.73 bits per heavy atom. The highest BCUT2D eigenvalue weighted by atomic mass is 35.5. The number of benzene rings is 1. The zero-order valence-corrected chi connectivity index (χ0v) is 11.3. The molecule has 2 N–H and O–H groups in total. The minimum atomic E-state index is -4.70. The number of nitrogens with one attached hydrogen (secondary N) is 2. The van der Waals surface area contributed by atoms with Crippen LogP contribution in [-0.4, -0.2) is 27.7 Å². The average Bonchev–Trinajstić information content (AvgIpc) is 2.88. The van der Waals surface area contributed by atoms with Crippen molar-refractivity contribution in [3.8, 4) is 5.75 Å². The zero-order chi connectivity index (χ0) is 16.3. The molecule has 1 heterocycles. The van der Waals surface area contributed by atoms with Crippen molar-refractivity contribution in [3.63, 3.8) is 0 Å². The molecule has 1 aromatic carbocycles. The number of rotatable bonds is 4. The lowest BCUT2D eigenvalue weighted by Crippen LogP contribution is -2.21. The van der Waals surface area contributed by atoms with Crippen LogP contribution in [0.15, 0.2) is 18.2 Å². The maximum atomic E-state index is 13.1. The summed E-state index contributed by atoms with van der Waals surface area (Å²) in [5.41, 5.74) is 0. The van der Waals surface area contributed by atoms with Gasteiger partial charge < -0.3 is 4.74 Å². The number of anilines is 1. The van der Waals surface area contributed by atoms with Gasteiger partial charge in [0.1, 0.15) is 11.6 Å². The fraction of sp³-hybridized carbons (Fsp3) is 0.182. The average molecular weight is 339 g/mol. The third-order valence-corrected chi connectivity index (χ3v) is 2.57. The van der Waals surface area contributed by atoms with Gasteiger partial charge in [-0.3, -0.25) is 15.2 Å². The Morgan fingerprint density at radius 2 is 2.14 bits per heavy atom. The fourth-order valence-corrected chi connectivity index (χ4v) is 1.44. The first-order valence-corrected chi connectivity index (χ1v) is 6.01. The van der Waals surface area contributed by atoms with E-state index < -0.39 is 36.3 Å². The molecular weight excluding hydrogens is 332 g/mol. The number of nitrogens with zero attached hydrogens (tertiary/aromatic N) is 2. The number of carbonyl (C=O) groups excluding carboxylic acids is 1. The molecule has 0 saturated carbocycles. The molecular formula is C11H7ClF4N4O2. The number of aromatic nitrogens is 3. The smallest absolute Gasteiger partial charge is 0.451 e. The molecule has 11 heteroatoms. The van der Waals surface area contributed by atoms with Crippen LogP contribution < -0.4 is 10.1 Å². The van der Waals surface area contributed by atoms with Crippen LogP contribution in [0.1, 0.15) is 5.82 Å². The second-order valence-corrected chi connectivity index (χ2v) is 4.33. The Hall–Kier alpha value is -2.36. The summed E-state index contributed by atoms with van der Waals surface area (Å²) >= 11 is 5.47. The fourth-order valence-electron chi connectivity index (χ4n) is 1.32. The summed E-state index contributed by atoms with van der Waals surface area (Å²) in [7, 11) is 0. The molecule has 0 unspecified atom stereocenters. The molecule has 0 atom stereocenters. The van der Waals surface area contributed by atoms with E-state index in [-0.39, 0.29) is 10.8 Å². The topological polar surface area (TPSA) is 79.9 Å². The number of carbonyl (C=O) groups is 1. The van der Waals surface area contributed by atoms with Crippen LogP contribution in [0, 0.1) is 5.82 Å². The van der Waals surface area contributed by atoms with Gasteiger partial charge in [-0.15, -0.1) is 5.10 Å². The monoisotopic (exact) mass is 338 g/mol. The van der Waals surface area contributed by atoms with E-state index in [0.29, 0.717) is 0 Å². The molecule has 0 spiro atoms. The maximum absolute atomic E-state index is 13.1. The van der Waals surface area contributed by atoms with Gasteiger partial charge in [0.05, 0.1) is 5.02 Å². The number of alkyl halides is 3. The van der Waals surface area contributed by atoms with E-state index in [1.165, 1.54) is 12.1 Å². The Labute approximate surface area is 125 Å². The lowest BCUT2D eigenvalue weighted by molar-refractivity contribution is -0.144. The summed E-state index contributed by atoms with van der Waals surface area (Å²) < 4.78 is 54.9. The lowest BCUT2D eigenvalue weighted by atomic mass is 10.3. The van der Waals surface area contributed by atoms with E-state index in [4.69, 9.17) is 16.3 Å². The molecule has 1 amide bonds. The first-order chi connectivity index (χ1) is 10.3. The SMILES string of the molecule is O=C(COc1ccc(Cl)c(F)c1)Nc1n[nH]c(C(F)(F)F)n1. The van der Waals surface area contributed by atoms with Crippen LogP contribution in [-0.2, 0) is 11.0 Å². The number of hydrogen-bond acceptors (Lipinski definition) is 4.